The molecule has 0 spiro atoms. The number of benzene rings is 3. The second kappa shape index (κ2) is 11.3. The van der Waals surface area contributed by atoms with Crippen molar-refractivity contribution in [2.24, 2.45) is 0 Å². The predicted octanol–water partition coefficient (Wildman–Crippen LogP) is 6.11. The van der Waals surface area contributed by atoms with Crippen LogP contribution in [-0.2, 0) is 6.42 Å². The number of rotatable bonds is 8. The van der Waals surface area contributed by atoms with Gasteiger partial charge in [-0.05, 0) is 41.5 Å². The molecule has 5 rings (SSSR count). The van der Waals surface area contributed by atoms with Crippen LogP contribution >= 0.6 is 23.2 Å². The third kappa shape index (κ3) is 5.47. The van der Waals surface area contributed by atoms with E-state index >= 15 is 0 Å². The molecule has 2 heterocycles. The molecule has 40 heavy (non-hydrogen) atoms. The number of amides is 1. The minimum Gasteiger partial charge on any atom is -0.493 e. The summed E-state index contributed by atoms with van der Waals surface area (Å²) in [7, 11) is 1.20. The summed E-state index contributed by atoms with van der Waals surface area (Å²) in [6, 6.07) is 16.4. The van der Waals surface area contributed by atoms with Crippen molar-refractivity contribution in [3.8, 4) is 22.9 Å². The highest BCUT2D eigenvalue weighted by atomic mass is 35.5. The quantitative estimate of drug-likeness (QED) is 0.211. The van der Waals surface area contributed by atoms with Crippen LogP contribution in [0.25, 0.3) is 17.1 Å². The summed E-state index contributed by atoms with van der Waals surface area (Å²) in [4.78, 5) is 12.1. The van der Waals surface area contributed by atoms with Crippen LogP contribution in [0.4, 0.5) is 20.3 Å². The van der Waals surface area contributed by atoms with E-state index in [1.54, 1.807) is 29.1 Å². The van der Waals surface area contributed by atoms with Crippen LogP contribution in [0.3, 0.4) is 0 Å². The summed E-state index contributed by atoms with van der Waals surface area (Å²) >= 11 is 12.4. The maximum Gasteiger partial charge on any atom is 0.257 e. The number of aromatic nitrogens is 4. The van der Waals surface area contributed by atoms with E-state index in [4.69, 9.17) is 38.1 Å². The van der Waals surface area contributed by atoms with Gasteiger partial charge in [-0.15, -0.1) is 38.5 Å². The molecular weight excluding hydrogens is 565 g/mol. The van der Waals surface area contributed by atoms with Gasteiger partial charge in [-0.1, -0.05) is 30.3 Å². The van der Waals surface area contributed by atoms with Crippen LogP contribution in [0.15, 0.2) is 71.3 Å². The van der Waals surface area contributed by atoms with Gasteiger partial charge in [0.25, 0.3) is 11.8 Å². The molecule has 0 aliphatic heterocycles. The molecule has 0 saturated heterocycles. The van der Waals surface area contributed by atoms with Gasteiger partial charge in [0.1, 0.15) is 4.84 Å². The second-order valence-corrected chi connectivity index (χ2v) is 9.61. The monoisotopic (exact) mass is 584 g/mol. The van der Waals surface area contributed by atoms with E-state index in [2.05, 4.69) is 20.6 Å². The first kappa shape index (κ1) is 27.1. The highest BCUT2D eigenvalue weighted by Crippen LogP contribution is 2.34. The Labute approximate surface area is 236 Å². The Hall–Kier alpha value is -4.48. The van der Waals surface area contributed by atoms with Gasteiger partial charge in [-0.3, -0.25) is 4.79 Å². The number of carbonyl (C=O) groups is 1. The molecule has 1 amide bonds. The van der Waals surface area contributed by atoms with Gasteiger partial charge in [0, 0.05) is 5.56 Å². The lowest BCUT2D eigenvalue weighted by Gasteiger charge is -2.12. The first-order chi connectivity index (χ1) is 19.2. The number of methoxy groups -OCH3 is 1. The molecule has 2 aromatic heterocycles. The van der Waals surface area contributed by atoms with Gasteiger partial charge in [0.05, 0.1) is 36.7 Å². The molecular formula is C27H20Cl2F2N6O3. The maximum atomic E-state index is 14.1. The summed E-state index contributed by atoms with van der Waals surface area (Å²) in [5.41, 5.74) is 8.41. The van der Waals surface area contributed by atoms with Gasteiger partial charge in [0.2, 0.25) is 11.7 Å². The van der Waals surface area contributed by atoms with Gasteiger partial charge >= 0.3 is 0 Å². The van der Waals surface area contributed by atoms with E-state index < -0.39 is 22.4 Å². The molecule has 3 N–H and O–H groups in total. The van der Waals surface area contributed by atoms with Crippen LogP contribution in [0.2, 0.25) is 0 Å². The van der Waals surface area contributed by atoms with Gasteiger partial charge in [-0.25, -0.2) is 9.07 Å². The Balaban J connectivity index is 1.36. The average Bonchev–Trinajstić information content (AvgIpc) is 3.56. The van der Waals surface area contributed by atoms with Crippen molar-refractivity contribution < 1.29 is 22.7 Å². The number of ether oxygens (including phenoxy) is 1. The van der Waals surface area contributed by atoms with Crippen LogP contribution in [0.5, 0.6) is 5.75 Å². The Morgan fingerprint density at radius 2 is 1.90 bits per heavy atom. The molecule has 3 aromatic carbocycles. The minimum absolute atomic E-state index is 0.0536. The minimum atomic E-state index is -1.16. The lowest BCUT2D eigenvalue weighted by atomic mass is 10.0. The Kier molecular flexibility index (Phi) is 7.67. The zero-order chi connectivity index (χ0) is 28.4. The number of hydrogen-bond acceptors (Lipinski definition) is 7. The third-order valence-electron chi connectivity index (χ3n) is 5.90. The number of nitrogens with two attached hydrogens (primary N) is 1. The summed E-state index contributed by atoms with van der Waals surface area (Å²) in [6.45, 7) is 0. The van der Waals surface area contributed by atoms with Crippen LogP contribution in [-0.4, -0.2) is 33.0 Å². The fourth-order valence-corrected chi connectivity index (χ4v) is 4.35. The number of carbonyl (C=O) groups excluding carboxylic acids is 1. The van der Waals surface area contributed by atoms with Gasteiger partial charge < -0.3 is 20.2 Å². The highest BCUT2D eigenvalue weighted by molar-refractivity contribution is 6.44. The van der Waals surface area contributed by atoms with E-state index in [0.29, 0.717) is 11.1 Å². The number of anilines is 2. The lowest BCUT2D eigenvalue weighted by molar-refractivity contribution is 0.102. The average molecular weight is 585 g/mol. The largest absolute Gasteiger partial charge is 0.493 e. The molecule has 0 aliphatic rings. The number of halogens is 4. The van der Waals surface area contributed by atoms with Crippen molar-refractivity contribution in [1.29, 1.82) is 0 Å². The fraction of sp³-hybridized carbons (Fsp3) is 0.111. The smallest absolute Gasteiger partial charge is 0.257 e. The molecule has 0 atom stereocenters. The molecule has 0 unspecified atom stereocenters. The summed E-state index contributed by atoms with van der Waals surface area (Å²) < 4.78 is 39.9. The highest BCUT2D eigenvalue weighted by Gasteiger charge is 2.22. The molecule has 13 heteroatoms. The number of nitrogen functional groups attached to an aromatic ring is 1. The van der Waals surface area contributed by atoms with E-state index in [-0.39, 0.29) is 46.6 Å². The molecule has 5 aromatic rings. The van der Waals surface area contributed by atoms with Crippen LogP contribution in [0, 0.1) is 11.6 Å². The van der Waals surface area contributed by atoms with Crippen molar-refractivity contribution in [3.05, 3.63) is 101 Å². The van der Waals surface area contributed by atoms with Crippen molar-refractivity contribution in [2.75, 3.05) is 18.2 Å². The summed E-state index contributed by atoms with van der Waals surface area (Å²) in [5, 5.41) is 15.0. The van der Waals surface area contributed by atoms with Gasteiger partial charge in [0.15, 0.2) is 17.4 Å². The SMILES string of the molecule is COc1c(-c2nnc(Cc3ccc(C(=O)Nc4nn(-c5ccccc5)cc4N)c(C(Cl)Cl)c3)o2)ccc(F)c1F. The Morgan fingerprint density at radius 1 is 1.12 bits per heavy atom. The van der Waals surface area contributed by atoms with Crippen molar-refractivity contribution in [1.82, 2.24) is 20.0 Å². The van der Waals surface area contributed by atoms with Crippen molar-refractivity contribution >= 4 is 40.6 Å². The van der Waals surface area contributed by atoms with E-state index in [9.17, 15) is 13.6 Å². The maximum absolute atomic E-state index is 14.1. The van der Waals surface area contributed by atoms with Crippen molar-refractivity contribution in [2.45, 2.75) is 11.3 Å². The number of para-hydroxylation sites is 1. The van der Waals surface area contributed by atoms with E-state index in [1.807, 2.05) is 30.3 Å². The summed E-state index contributed by atoms with van der Waals surface area (Å²) in [5.74, 6) is -2.80. The normalized spacial score (nSPS) is 11.2. The molecule has 0 radical (unpaired) electrons. The first-order valence-corrected chi connectivity index (χ1v) is 12.6. The Morgan fingerprint density at radius 3 is 2.62 bits per heavy atom. The molecule has 0 aliphatic carbocycles. The fourth-order valence-electron chi connectivity index (χ4n) is 3.99. The van der Waals surface area contributed by atoms with Gasteiger partial charge in [-0.2, -0.15) is 4.39 Å². The number of nitrogens with zero attached hydrogens (tertiary/aromatic N) is 4. The topological polar surface area (TPSA) is 121 Å². The van der Waals surface area contributed by atoms with E-state index in [1.165, 1.54) is 13.2 Å². The number of nitrogens with one attached hydrogen (secondary N) is 1. The third-order valence-corrected chi connectivity index (χ3v) is 6.37. The van der Waals surface area contributed by atoms with Crippen molar-refractivity contribution in [3.63, 3.8) is 0 Å². The number of alkyl halides is 2. The lowest BCUT2D eigenvalue weighted by Crippen LogP contribution is -2.16. The molecule has 204 valence electrons. The first-order valence-electron chi connectivity index (χ1n) is 11.7. The standard InChI is InChI=1S/C27H20Cl2F2N6O3/c1-39-23-17(9-10-19(30)22(23)31)27-35-34-21(40-27)12-14-7-8-16(18(11-14)24(28)29)26(38)33-25-20(32)13-37(36-25)15-5-3-2-4-6-15/h2-11,13,24H,12,32H2,1H3,(H,33,36,38). The molecule has 0 bridgehead atoms. The van der Waals surface area contributed by atoms with Crippen LogP contribution in [0.1, 0.15) is 32.2 Å². The predicted molar refractivity (Wildman–Crippen MR) is 146 cm³/mol. The number of hydrogen-bond donors (Lipinski definition) is 2. The zero-order valence-electron chi connectivity index (χ0n) is 20.7. The summed E-state index contributed by atoms with van der Waals surface area (Å²) in [6.07, 6.45) is 1.73. The van der Waals surface area contributed by atoms with E-state index in [0.717, 1.165) is 11.8 Å². The molecule has 9 nitrogen and oxygen atoms in total. The molecule has 0 fully saturated rings. The zero-order valence-corrected chi connectivity index (χ0v) is 22.2. The van der Waals surface area contributed by atoms with Crippen LogP contribution < -0.4 is 15.8 Å². The second-order valence-electron chi connectivity index (χ2n) is 8.51. The molecule has 0 saturated carbocycles. The Bertz CT molecular complexity index is 1690.